The monoisotopic (exact) mass is 258 g/mol. The van der Waals surface area contributed by atoms with Gasteiger partial charge in [-0.1, -0.05) is 0 Å². The summed E-state index contributed by atoms with van der Waals surface area (Å²) in [6, 6.07) is 7.34. The molecule has 2 rings (SSSR count). The molecule has 0 aliphatic carbocycles. The average Bonchev–Trinajstić information content (AvgIpc) is 2.92. The summed E-state index contributed by atoms with van der Waals surface area (Å²) in [7, 11) is 3.93. The second-order valence-corrected chi connectivity index (χ2v) is 4.61. The van der Waals surface area contributed by atoms with E-state index < -0.39 is 0 Å². The van der Waals surface area contributed by atoms with Crippen LogP contribution in [-0.2, 0) is 0 Å². The maximum atomic E-state index is 12.1. The van der Waals surface area contributed by atoms with Gasteiger partial charge < -0.3 is 15.2 Å². The minimum Gasteiger partial charge on any atom is -0.378 e. The van der Waals surface area contributed by atoms with E-state index in [-0.39, 0.29) is 11.9 Å². The second-order valence-electron chi connectivity index (χ2n) is 4.61. The van der Waals surface area contributed by atoms with Gasteiger partial charge in [-0.15, -0.1) is 0 Å². The molecule has 0 aliphatic rings. The first-order valence-electron chi connectivity index (χ1n) is 6.15. The number of hydrogen-bond donors (Lipinski definition) is 2. The maximum absolute atomic E-state index is 12.1. The number of nitrogens with zero attached hydrogens (tertiary/aromatic N) is 2. The molecule has 1 atom stereocenters. The van der Waals surface area contributed by atoms with Crippen LogP contribution in [-0.4, -0.2) is 30.0 Å². The van der Waals surface area contributed by atoms with E-state index in [1.54, 1.807) is 12.4 Å². The Morgan fingerprint density at radius 3 is 2.53 bits per heavy atom. The van der Waals surface area contributed by atoms with Crippen molar-refractivity contribution in [2.75, 3.05) is 19.0 Å². The van der Waals surface area contributed by atoms with E-state index in [1.165, 1.54) is 0 Å². The van der Waals surface area contributed by atoms with E-state index in [0.717, 1.165) is 11.5 Å². The highest BCUT2D eigenvalue weighted by Crippen LogP contribution is 2.13. The zero-order valence-corrected chi connectivity index (χ0v) is 11.3. The van der Waals surface area contributed by atoms with Crippen LogP contribution in [0.5, 0.6) is 0 Å². The van der Waals surface area contributed by atoms with Crippen LogP contribution < -0.4 is 10.2 Å². The minimum absolute atomic E-state index is 0.103. The molecule has 5 nitrogen and oxygen atoms in total. The van der Waals surface area contributed by atoms with Crippen LogP contribution in [0.25, 0.3) is 0 Å². The number of benzene rings is 1. The Hall–Kier alpha value is -2.30. The Bertz CT molecular complexity index is 531. The third-order valence-electron chi connectivity index (χ3n) is 2.92. The number of amides is 1. The van der Waals surface area contributed by atoms with Gasteiger partial charge in [0.15, 0.2) is 0 Å². The SMILES string of the molecule is CC(NC(=O)c1ccc(N(C)C)cc1)c1ncc[nH]1. The van der Waals surface area contributed by atoms with Gasteiger partial charge in [-0.25, -0.2) is 4.98 Å². The molecular weight excluding hydrogens is 240 g/mol. The van der Waals surface area contributed by atoms with Crippen molar-refractivity contribution in [3.63, 3.8) is 0 Å². The smallest absolute Gasteiger partial charge is 0.251 e. The van der Waals surface area contributed by atoms with E-state index in [2.05, 4.69) is 15.3 Å². The molecule has 2 aromatic rings. The van der Waals surface area contributed by atoms with Crippen molar-refractivity contribution in [2.45, 2.75) is 13.0 Å². The van der Waals surface area contributed by atoms with Crippen molar-refractivity contribution in [2.24, 2.45) is 0 Å². The molecule has 1 heterocycles. The van der Waals surface area contributed by atoms with Gasteiger partial charge in [-0.2, -0.15) is 0 Å². The second kappa shape index (κ2) is 5.56. The van der Waals surface area contributed by atoms with Gasteiger partial charge in [0, 0.05) is 37.7 Å². The van der Waals surface area contributed by atoms with Crippen molar-refractivity contribution < 1.29 is 4.79 Å². The lowest BCUT2D eigenvalue weighted by molar-refractivity contribution is 0.0938. The molecule has 1 aromatic heterocycles. The van der Waals surface area contributed by atoms with Crippen LogP contribution in [0.1, 0.15) is 29.1 Å². The van der Waals surface area contributed by atoms with Gasteiger partial charge in [0.2, 0.25) is 0 Å². The predicted octanol–water partition coefficient (Wildman–Crippen LogP) is 1.97. The summed E-state index contributed by atoms with van der Waals surface area (Å²) in [4.78, 5) is 21.2. The molecule has 0 bridgehead atoms. The van der Waals surface area contributed by atoms with Crippen molar-refractivity contribution >= 4 is 11.6 Å². The predicted molar refractivity (Wildman–Crippen MR) is 75.2 cm³/mol. The Labute approximate surface area is 112 Å². The summed E-state index contributed by atoms with van der Waals surface area (Å²) < 4.78 is 0. The molecule has 5 heteroatoms. The van der Waals surface area contributed by atoms with Crippen LogP contribution >= 0.6 is 0 Å². The molecule has 0 spiro atoms. The third kappa shape index (κ3) is 3.13. The third-order valence-corrected chi connectivity index (χ3v) is 2.92. The van der Waals surface area contributed by atoms with Crippen molar-refractivity contribution in [3.8, 4) is 0 Å². The fraction of sp³-hybridized carbons (Fsp3) is 0.286. The largest absolute Gasteiger partial charge is 0.378 e. The van der Waals surface area contributed by atoms with Crippen LogP contribution in [0.15, 0.2) is 36.7 Å². The molecule has 0 radical (unpaired) electrons. The van der Waals surface area contributed by atoms with E-state index in [1.807, 2.05) is 50.2 Å². The number of carbonyl (C=O) groups excluding carboxylic acids is 1. The lowest BCUT2D eigenvalue weighted by atomic mass is 10.1. The Kier molecular flexibility index (Phi) is 3.85. The Morgan fingerprint density at radius 1 is 1.32 bits per heavy atom. The molecule has 2 N–H and O–H groups in total. The number of aromatic amines is 1. The van der Waals surface area contributed by atoms with E-state index >= 15 is 0 Å². The standard InChI is InChI=1S/C14H18N4O/c1-10(13-15-8-9-16-13)17-14(19)11-4-6-12(7-5-11)18(2)3/h4-10H,1-3H3,(H,15,16)(H,17,19). The van der Waals surface area contributed by atoms with Crippen molar-refractivity contribution in [1.29, 1.82) is 0 Å². The van der Waals surface area contributed by atoms with Gasteiger partial charge in [0.25, 0.3) is 5.91 Å². The first-order chi connectivity index (χ1) is 9.08. The van der Waals surface area contributed by atoms with Crippen molar-refractivity contribution in [1.82, 2.24) is 15.3 Å². The highest BCUT2D eigenvalue weighted by Gasteiger charge is 2.12. The number of nitrogens with one attached hydrogen (secondary N) is 2. The highest BCUT2D eigenvalue weighted by molar-refractivity contribution is 5.94. The number of imidazole rings is 1. The van der Waals surface area contributed by atoms with Crippen LogP contribution in [0.4, 0.5) is 5.69 Å². The molecule has 1 aromatic carbocycles. The number of aromatic nitrogens is 2. The first-order valence-corrected chi connectivity index (χ1v) is 6.15. The fourth-order valence-electron chi connectivity index (χ4n) is 1.77. The van der Waals surface area contributed by atoms with Gasteiger partial charge >= 0.3 is 0 Å². The topological polar surface area (TPSA) is 61.0 Å². The van der Waals surface area contributed by atoms with Gasteiger partial charge in [0.1, 0.15) is 5.82 Å². The zero-order chi connectivity index (χ0) is 13.8. The number of carbonyl (C=O) groups is 1. The summed E-state index contributed by atoms with van der Waals surface area (Å²) in [5.41, 5.74) is 1.71. The molecular formula is C14H18N4O. The number of H-pyrrole nitrogens is 1. The molecule has 19 heavy (non-hydrogen) atoms. The number of hydrogen-bond acceptors (Lipinski definition) is 3. The summed E-state index contributed by atoms with van der Waals surface area (Å²) in [6.07, 6.45) is 3.41. The van der Waals surface area contributed by atoms with Crippen molar-refractivity contribution in [3.05, 3.63) is 48.0 Å². The minimum atomic E-state index is -0.143. The molecule has 0 aliphatic heterocycles. The first kappa shape index (κ1) is 13.1. The normalized spacial score (nSPS) is 11.9. The molecule has 1 unspecified atom stereocenters. The quantitative estimate of drug-likeness (QED) is 0.881. The maximum Gasteiger partial charge on any atom is 0.251 e. The average molecular weight is 258 g/mol. The molecule has 1 amide bonds. The summed E-state index contributed by atoms with van der Waals surface area (Å²) in [5, 5.41) is 2.90. The van der Waals surface area contributed by atoms with Crippen LogP contribution in [0.3, 0.4) is 0 Å². The molecule has 100 valence electrons. The summed E-state index contributed by atoms with van der Waals surface area (Å²) in [5.74, 6) is 0.646. The van der Waals surface area contributed by atoms with E-state index in [0.29, 0.717) is 5.56 Å². The molecule has 0 saturated heterocycles. The molecule has 0 fully saturated rings. The number of anilines is 1. The van der Waals surface area contributed by atoms with Gasteiger partial charge in [0.05, 0.1) is 6.04 Å². The Balaban J connectivity index is 2.03. The summed E-state index contributed by atoms with van der Waals surface area (Å²) in [6.45, 7) is 1.89. The number of rotatable bonds is 4. The van der Waals surface area contributed by atoms with E-state index in [4.69, 9.17) is 0 Å². The highest BCUT2D eigenvalue weighted by atomic mass is 16.1. The van der Waals surface area contributed by atoms with E-state index in [9.17, 15) is 4.79 Å². The Morgan fingerprint density at radius 2 is 2.00 bits per heavy atom. The zero-order valence-electron chi connectivity index (χ0n) is 11.3. The summed E-state index contributed by atoms with van der Waals surface area (Å²) >= 11 is 0. The van der Waals surface area contributed by atoms with Crippen LogP contribution in [0.2, 0.25) is 0 Å². The lowest BCUT2D eigenvalue weighted by Gasteiger charge is -2.14. The fourth-order valence-corrected chi connectivity index (χ4v) is 1.77. The lowest BCUT2D eigenvalue weighted by Crippen LogP contribution is -2.27. The van der Waals surface area contributed by atoms with Gasteiger partial charge in [-0.05, 0) is 31.2 Å². The van der Waals surface area contributed by atoms with Crippen LogP contribution in [0, 0.1) is 0 Å². The molecule has 0 saturated carbocycles. The van der Waals surface area contributed by atoms with Gasteiger partial charge in [-0.3, -0.25) is 4.79 Å².